The smallest absolute Gasteiger partial charge is 0.0541 e. The van der Waals surface area contributed by atoms with E-state index in [2.05, 4.69) is 285 Å². The maximum Gasteiger partial charge on any atom is 0.0541 e. The van der Waals surface area contributed by atoms with E-state index in [1.54, 1.807) is 0 Å². The molecule has 0 unspecified atom stereocenters. The number of aromatic nitrogens is 1. The molecule has 0 spiro atoms. The molecule has 0 amide bonds. The van der Waals surface area contributed by atoms with E-state index >= 15 is 0 Å². The molecule has 0 saturated heterocycles. The Bertz CT molecular complexity index is 3700. The SMILES string of the molecule is C=C1/C=C\C=C/Cc2ccc(N(c3ccccc3)c3cc(-c4ccc5c(c4)c4ccccc4n5-c4ccccc4)cc(N(c4ccccc4)c4ccc5c(c4)C(C)(C)c4ccccc4-5)c3)cc2C1(C)C. The molecule has 1 aromatic heterocycles. The van der Waals surface area contributed by atoms with Crippen molar-refractivity contribution in [3.8, 4) is 27.9 Å². The van der Waals surface area contributed by atoms with E-state index in [9.17, 15) is 0 Å². The second kappa shape index (κ2) is 17.0. The average Bonchev–Trinajstić information content (AvgIpc) is 3.86. The summed E-state index contributed by atoms with van der Waals surface area (Å²) in [5, 5.41) is 2.44. The lowest BCUT2D eigenvalue weighted by atomic mass is 9.75. The Hall–Kier alpha value is -8.40. The predicted molar refractivity (Wildman–Crippen MR) is 297 cm³/mol. The molecule has 0 saturated carbocycles. The van der Waals surface area contributed by atoms with Gasteiger partial charge in [0.25, 0.3) is 0 Å². The van der Waals surface area contributed by atoms with Crippen LogP contribution >= 0.6 is 0 Å². The molecular formula is C67H55N3. The van der Waals surface area contributed by atoms with Gasteiger partial charge in [-0.15, -0.1) is 0 Å². The summed E-state index contributed by atoms with van der Waals surface area (Å²) in [7, 11) is 0. The zero-order chi connectivity index (χ0) is 47.6. The predicted octanol–water partition coefficient (Wildman–Crippen LogP) is 18.2. The van der Waals surface area contributed by atoms with E-state index in [4.69, 9.17) is 0 Å². The van der Waals surface area contributed by atoms with E-state index in [0.717, 1.165) is 62.9 Å². The van der Waals surface area contributed by atoms with Crippen molar-refractivity contribution in [2.75, 3.05) is 9.80 Å². The highest BCUT2D eigenvalue weighted by atomic mass is 15.2. The second-order valence-electron chi connectivity index (χ2n) is 19.9. The molecule has 1 heterocycles. The van der Waals surface area contributed by atoms with Crippen LogP contribution in [0.3, 0.4) is 0 Å². The Morgan fingerprint density at radius 1 is 0.414 bits per heavy atom. The van der Waals surface area contributed by atoms with E-state index in [1.165, 1.54) is 55.2 Å². The van der Waals surface area contributed by atoms with Crippen LogP contribution in [0.5, 0.6) is 0 Å². The summed E-state index contributed by atoms with van der Waals surface area (Å²) in [6, 6.07) is 78.4. The van der Waals surface area contributed by atoms with Gasteiger partial charge in [-0.05, 0) is 154 Å². The molecular weight excluding hydrogens is 847 g/mol. The number of hydrogen-bond donors (Lipinski definition) is 0. The summed E-state index contributed by atoms with van der Waals surface area (Å²) in [4.78, 5) is 4.89. The molecule has 2 aliphatic carbocycles. The molecule has 10 aromatic rings. The number of allylic oxidation sites excluding steroid dienone is 5. The van der Waals surface area contributed by atoms with Gasteiger partial charge in [0, 0.05) is 61.4 Å². The van der Waals surface area contributed by atoms with Crippen LogP contribution in [0.4, 0.5) is 34.1 Å². The third-order valence-corrected chi connectivity index (χ3v) is 15.0. The lowest BCUT2D eigenvalue weighted by molar-refractivity contribution is 0.635. The van der Waals surface area contributed by atoms with Gasteiger partial charge >= 0.3 is 0 Å². The van der Waals surface area contributed by atoms with Crippen molar-refractivity contribution in [2.24, 2.45) is 0 Å². The van der Waals surface area contributed by atoms with Gasteiger partial charge in [0.15, 0.2) is 0 Å². The molecule has 70 heavy (non-hydrogen) atoms. The van der Waals surface area contributed by atoms with E-state index < -0.39 is 0 Å². The molecule has 0 fully saturated rings. The van der Waals surface area contributed by atoms with Gasteiger partial charge in [-0.3, -0.25) is 0 Å². The zero-order valence-electron chi connectivity index (χ0n) is 40.3. The molecule has 2 aliphatic rings. The minimum Gasteiger partial charge on any atom is -0.310 e. The van der Waals surface area contributed by atoms with Gasteiger partial charge in [-0.25, -0.2) is 0 Å². The molecule has 9 aromatic carbocycles. The molecule has 0 radical (unpaired) electrons. The normalized spacial score (nSPS) is 15.3. The Morgan fingerprint density at radius 3 is 1.71 bits per heavy atom. The van der Waals surface area contributed by atoms with Gasteiger partial charge in [0.2, 0.25) is 0 Å². The summed E-state index contributed by atoms with van der Waals surface area (Å²) in [5.74, 6) is 0. The first kappa shape index (κ1) is 42.9. The van der Waals surface area contributed by atoms with Gasteiger partial charge < -0.3 is 14.4 Å². The van der Waals surface area contributed by atoms with Crippen molar-refractivity contribution in [3.63, 3.8) is 0 Å². The molecule has 0 bridgehead atoms. The molecule has 3 nitrogen and oxygen atoms in total. The lowest BCUT2D eigenvalue weighted by Crippen LogP contribution is -2.22. The van der Waals surface area contributed by atoms with Crippen molar-refractivity contribution >= 4 is 55.9 Å². The highest BCUT2D eigenvalue weighted by molar-refractivity contribution is 6.10. The summed E-state index contributed by atoms with van der Waals surface area (Å²) >= 11 is 0. The molecule has 0 N–H and O–H groups in total. The van der Waals surface area contributed by atoms with Crippen LogP contribution in [0.15, 0.2) is 249 Å². The molecule has 0 aliphatic heterocycles. The number of hydrogen-bond acceptors (Lipinski definition) is 2. The van der Waals surface area contributed by atoms with Crippen LogP contribution in [0.2, 0.25) is 0 Å². The number of anilines is 6. The summed E-state index contributed by atoms with van der Waals surface area (Å²) in [6.07, 6.45) is 9.52. The largest absolute Gasteiger partial charge is 0.310 e. The number of nitrogens with zero attached hydrogens (tertiary/aromatic N) is 3. The Morgan fingerprint density at radius 2 is 1.00 bits per heavy atom. The fourth-order valence-corrected chi connectivity index (χ4v) is 11.2. The highest BCUT2D eigenvalue weighted by Crippen LogP contribution is 2.52. The van der Waals surface area contributed by atoms with Gasteiger partial charge in [0.05, 0.1) is 11.0 Å². The number of fused-ring (bicyclic) bond motifs is 7. The monoisotopic (exact) mass is 901 g/mol. The van der Waals surface area contributed by atoms with Crippen molar-refractivity contribution in [1.29, 1.82) is 0 Å². The first-order valence-corrected chi connectivity index (χ1v) is 24.5. The third kappa shape index (κ3) is 7.20. The van der Waals surface area contributed by atoms with E-state index in [0.29, 0.717) is 0 Å². The molecule has 0 atom stereocenters. The summed E-state index contributed by atoms with van der Waals surface area (Å²) in [6.45, 7) is 13.9. The van der Waals surface area contributed by atoms with Crippen LogP contribution in [0.1, 0.15) is 49.9 Å². The fraction of sp³-hybridized carbons (Fsp3) is 0.104. The van der Waals surface area contributed by atoms with E-state index in [1.807, 2.05) is 0 Å². The van der Waals surface area contributed by atoms with Gasteiger partial charge in [0.1, 0.15) is 0 Å². The van der Waals surface area contributed by atoms with E-state index in [-0.39, 0.29) is 10.8 Å². The first-order chi connectivity index (χ1) is 34.1. The molecule has 338 valence electrons. The van der Waals surface area contributed by atoms with Crippen LogP contribution in [0.25, 0.3) is 49.7 Å². The Balaban J connectivity index is 1.12. The van der Waals surface area contributed by atoms with Crippen LogP contribution in [0, 0.1) is 0 Å². The summed E-state index contributed by atoms with van der Waals surface area (Å²) < 4.78 is 2.39. The Labute approximate surface area is 412 Å². The minimum absolute atomic E-state index is 0.163. The van der Waals surface area contributed by atoms with Crippen molar-refractivity contribution < 1.29 is 0 Å². The quantitative estimate of drug-likeness (QED) is 0.151. The second-order valence-corrected chi connectivity index (χ2v) is 19.9. The number of rotatable bonds is 8. The zero-order valence-corrected chi connectivity index (χ0v) is 40.3. The van der Waals surface area contributed by atoms with Crippen LogP contribution in [-0.2, 0) is 17.3 Å². The third-order valence-electron chi connectivity index (χ3n) is 15.0. The average molecular weight is 902 g/mol. The first-order valence-electron chi connectivity index (χ1n) is 24.5. The minimum atomic E-state index is -0.303. The van der Waals surface area contributed by atoms with Crippen molar-refractivity contribution in [2.45, 2.75) is 44.9 Å². The fourth-order valence-electron chi connectivity index (χ4n) is 11.2. The molecule has 12 rings (SSSR count). The standard InChI is InChI=1S/C67H55N3/c1-46-22-10-6-11-23-47-34-36-53(44-62(47)66(46,2)3)68(50-24-12-7-13-25-50)55-40-49(48-35-39-65-60(42-48)59-31-19-21-33-64(59)70(65)52-28-16-9-17-29-52)41-56(43-55)69(51-26-14-8-15-27-51)54-37-38-58-57-30-18-20-32-61(57)67(4,5)63(58)45-54/h6-22,24-45H,1,23H2,2-5H3/b11-6-,22-10-. The topological polar surface area (TPSA) is 11.4 Å². The molecule has 3 heteroatoms. The van der Waals surface area contributed by atoms with Gasteiger partial charge in [-0.1, -0.05) is 174 Å². The number of benzene rings is 9. The van der Waals surface area contributed by atoms with Crippen LogP contribution in [-0.4, -0.2) is 4.57 Å². The van der Waals surface area contributed by atoms with Gasteiger partial charge in [-0.2, -0.15) is 0 Å². The van der Waals surface area contributed by atoms with Crippen molar-refractivity contribution in [1.82, 2.24) is 4.57 Å². The maximum atomic E-state index is 4.59. The van der Waals surface area contributed by atoms with Crippen LogP contribution < -0.4 is 9.80 Å². The lowest BCUT2D eigenvalue weighted by Gasteiger charge is -2.33. The Kier molecular flexibility index (Phi) is 10.4. The highest BCUT2D eigenvalue weighted by Gasteiger charge is 2.36. The summed E-state index contributed by atoms with van der Waals surface area (Å²) in [5.41, 5.74) is 20.8. The maximum absolute atomic E-state index is 4.59. The van der Waals surface area contributed by atoms with Crippen molar-refractivity contribution in [3.05, 3.63) is 271 Å². The number of para-hydroxylation sites is 4.